The Labute approximate surface area is 220 Å². The summed E-state index contributed by atoms with van der Waals surface area (Å²) in [5.41, 5.74) is 4.40. The fourth-order valence-electron chi connectivity index (χ4n) is 4.42. The molecule has 192 valence electrons. The minimum atomic E-state index is -1.27. The Morgan fingerprint density at radius 2 is 1.45 bits per heavy atom. The summed E-state index contributed by atoms with van der Waals surface area (Å²) in [6.45, 7) is 1.52. The molecule has 0 aromatic heterocycles. The van der Waals surface area contributed by atoms with Gasteiger partial charge in [0.05, 0.1) is 11.6 Å². The normalized spacial score (nSPS) is 13.5. The fraction of sp³-hybridized carbons (Fsp3) is 0.161. The van der Waals surface area contributed by atoms with Crippen molar-refractivity contribution in [1.82, 2.24) is 5.32 Å². The highest BCUT2D eigenvalue weighted by Crippen LogP contribution is 2.36. The standard InChI is InChI=1S/C31H27NO6/c1-19(33)30(35)26(15-20-7-9-22(10-8-20)21-5-3-2-4-6-21)32-31(36)25-16-23(11-13-27(25)34)24-12-14-28-29(17-24)38-18-37-28/h2-14,16-17,19,26,33-34H,15,18H2,1H3,(H,32,36)/t19?,26-/m0/s1. The molecule has 4 aromatic carbocycles. The van der Waals surface area contributed by atoms with Crippen LogP contribution in [0.5, 0.6) is 17.2 Å². The van der Waals surface area contributed by atoms with Gasteiger partial charge in [-0.05, 0) is 65.4 Å². The summed E-state index contributed by atoms with van der Waals surface area (Å²) in [7, 11) is 0. The molecule has 0 radical (unpaired) electrons. The zero-order valence-electron chi connectivity index (χ0n) is 20.8. The van der Waals surface area contributed by atoms with Gasteiger partial charge in [0.25, 0.3) is 5.91 Å². The number of hydrogen-bond acceptors (Lipinski definition) is 6. The third-order valence-corrected chi connectivity index (χ3v) is 6.51. The lowest BCUT2D eigenvalue weighted by molar-refractivity contribution is -0.128. The molecule has 0 saturated heterocycles. The highest BCUT2D eigenvalue weighted by molar-refractivity contribution is 6.01. The van der Waals surface area contributed by atoms with Crippen molar-refractivity contribution in [3.05, 3.63) is 102 Å². The Balaban J connectivity index is 1.36. The Bertz CT molecular complexity index is 1460. The molecule has 4 aromatic rings. The Morgan fingerprint density at radius 3 is 2.18 bits per heavy atom. The van der Waals surface area contributed by atoms with E-state index >= 15 is 0 Å². The van der Waals surface area contributed by atoms with Crippen molar-refractivity contribution in [3.63, 3.8) is 0 Å². The first-order valence-electron chi connectivity index (χ1n) is 12.3. The Morgan fingerprint density at radius 1 is 0.816 bits per heavy atom. The highest BCUT2D eigenvalue weighted by atomic mass is 16.7. The van der Waals surface area contributed by atoms with E-state index in [4.69, 9.17) is 9.47 Å². The zero-order chi connectivity index (χ0) is 26.6. The monoisotopic (exact) mass is 509 g/mol. The van der Waals surface area contributed by atoms with Crippen LogP contribution in [0.2, 0.25) is 0 Å². The summed E-state index contributed by atoms with van der Waals surface area (Å²) in [5.74, 6) is -0.117. The predicted molar refractivity (Wildman–Crippen MR) is 143 cm³/mol. The van der Waals surface area contributed by atoms with Crippen molar-refractivity contribution >= 4 is 11.7 Å². The van der Waals surface area contributed by atoms with Gasteiger partial charge in [-0.15, -0.1) is 0 Å². The molecule has 1 aliphatic rings. The fourth-order valence-corrected chi connectivity index (χ4v) is 4.42. The average Bonchev–Trinajstić information content (AvgIpc) is 3.41. The molecule has 0 fully saturated rings. The van der Waals surface area contributed by atoms with Gasteiger partial charge in [0.15, 0.2) is 17.3 Å². The number of carbonyl (C=O) groups is 2. The SMILES string of the molecule is CC(O)C(=O)[C@H](Cc1ccc(-c2ccccc2)cc1)NC(=O)c1cc(-c2ccc3c(c2)OCO3)ccc1O. The van der Waals surface area contributed by atoms with Gasteiger partial charge in [-0.3, -0.25) is 9.59 Å². The predicted octanol–water partition coefficient (Wildman–Crippen LogP) is 4.75. The second kappa shape index (κ2) is 10.8. The summed E-state index contributed by atoms with van der Waals surface area (Å²) in [5, 5.41) is 23.2. The molecule has 1 heterocycles. The van der Waals surface area contributed by atoms with E-state index in [0.717, 1.165) is 22.3 Å². The number of rotatable bonds is 8. The summed E-state index contributed by atoms with van der Waals surface area (Å²) in [6.07, 6.45) is -1.08. The highest BCUT2D eigenvalue weighted by Gasteiger charge is 2.26. The molecule has 0 spiro atoms. The van der Waals surface area contributed by atoms with Crippen LogP contribution in [0, 0.1) is 0 Å². The van der Waals surface area contributed by atoms with Crippen LogP contribution in [0.4, 0.5) is 0 Å². The molecule has 1 amide bonds. The van der Waals surface area contributed by atoms with Crippen LogP contribution in [-0.2, 0) is 11.2 Å². The first kappa shape index (κ1) is 25.0. The number of fused-ring (bicyclic) bond motifs is 1. The van der Waals surface area contributed by atoms with Crippen molar-refractivity contribution in [2.75, 3.05) is 6.79 Å². The number of amides is 1. The quantitative estimate of drug-likeness (QED) is 0.317. The van der Waals surface area contributed by atoms with Gasteiger partial charge in [-0.25, -0.2) is 0 Å². The van der Waals surface area contributed by atoms with E-state index in [9.17, 15) is 19.8 Å². The maximum Gasteiger partial charge on any atom is 0.255 e. The zero-order valence-corrected chi connectivity index (χ0v) is 20.8. The number of ketones is 1. The lowest BCUT2D eigenvalue weighted by atomic mass is 9.96. The van der Waals surface area contributed by atoms with Crippen molar-refractivity contribution in [1.29, 1.82) is 0 Å². The van der Waals surface area contributed by atoms with Crippen LogP contribution in [0.3, 0.4) is 0 Å². The second-order valence-electron chi connectivity index (χ2n) is 9.17. The number of nitrogens with one attached hydrogen (secondary N) is 1. The molecule has 7 nitrogen and oxygen atoms in total. The molecule has 0 aliphatic carbocycles. The molecule has 5 rings (SSSR count). The topological polar surface area (TPSA) is 105 Å². The van der Waals surface area contributed by atoms with Crippen LogP contribution in [0.15, 0.2) is 91.0 Å². The number of ether oxygens (including phenoxy) is 2. The van der Waals surface area contributed by atoms with Crippen LogP contribution in [0.25, 0.3) is 22.3 Å². The molecule has 38 heavy (non-hydrogen) atoms. The molecule has 3 N–H and O–H groups in total. The van der Waals surface area contributed by atoms with E-state index < -0.39 is 23.8 Å². The van der Waals surface area contributed by atoms with Gasteiger partial charge in [0.1, 0.15) is 11.9 Å². The van der Waals surface area contributed by atoms with E-state index in [1.54, 1.807) is 24.3 Å². The van der Waals surface area contributed by atoms with Crippen LogP contribution >= 0.6 is 0 Å². The summed E-state index contributed by atoms with van der Waals surface area (Å²) in [4.78, 5) is 26.1. The molecular weight excluding hydrogens is 482 g/mol. The van der Waals surface area contributed by atoms with Crippen molar-refractivity contribution in [2.45, 2.75) is 25.5 Å². The number of benzene rings is 4. The Kier molecular flexibility index (Phi) is 7.11. The van der Waals surface area contributed by atoms with Gasteiger partial charge in [-0.1, -0.05) is 66.7 Å². The van der Waals surface area contributed by atoms with Crippen LogP contribution in [0.1, 0.15) is 22.8 Å². The number of hydrogen-bond donors (Lipinski definition) is 3. The van der Waals surface area contributed by atoms with E-state index in [-0.39, 0.29) is 24.5 Å². The van der Waals surface area contributed by atoms with Crippen molar-refractivity contribution < 1.29 is 29.3 Å². The van der Waals surface area contributed by atoms with Crippen molar-refractivity contribution in [3.8, 4) is 39.5 Å². The summed E-state index contributed by atoms with van der Waals surface area (Å²) >= 11 is 0. The van der Waals surface area contributed by atoms with E-state index in [1.807, 2.05) is 60.7 Å². The molecule has 0 saturated carbocycles. The number of carbonyl (C=O) groups excluding carboxylic acids is 2. The number of Topliss-reactive ketones (excluding diaryl/α,β-unsaturated/α-hetero) is 1. The third kappa shape index (κ3) is 5.38. The third-order valence-electron chi connectivity index (χ3n) is 6.51. The van der Waals surface area contributed by atoms with Gasteiger partial charge < -0.3 is 25.0 Å². The summed E-state index contributed by atoms with van der Waals surface area (Å²) in [6, 6.07) is 26.7. The smallest absolute Gasteiger partial charge is 0.255 e. The number of aliphatic hydroxyl groups excluding tert-OH is 1. The maximum atomic E-state index is 13.3. The molecule has 1 aliphatic heterocycles. The van der Waals surface area contributed by atoms with Gasteiger partial charge in [0, 0.05) is 0 Å². The average molecular weight is 510 g/mol. The minimum absolute atomic E-state index is 0.0167. The van der Waals surface area contributed by atoms with Gasteiger partial charge >= 0.3 is 0 Å². The van der Waals surface area contributed by atoms with Crippen LogP contribution < -0.4 is 14.8 Å². The number of aliphatic hydroxyl groups is 1. The molecule has 2 atom stereocenters. The molecule has 7 heteroatoms. The lowest BCUT2D eigenvalue weighted by Gasteiger charge is -2.20. The van der Waals surface area contributed by atoms with E-state index in [0.29, 0.717) is 17.1 Å². The Hall–Kier alpha value is -4.62. The number of phenolic OH excluding ortho intramolecular Hbond substituents is 1. The van der Waals surface area contributed by atoms with E-state index in [2.05, 4.69) is 5.32 Å². The minimum Gasteiger partial charge on any atom is -0.507 e. The van der Waals surface area contributed by atoms with E-state index in [1.165, 1.54) is 13.0 Å². The summed E-state index contributed by atoms with van der Waals surface area (Å²) < 4.78 is 10.8. The first-order chi connectivity index (χ1) is 18.4. The number of phenols is 1. The lowest BCUT2D eigenvalue weighted by Crippen LogP contribution is -2.46. The molecule has 1 unspecified atom stereocenters. The molecular formula is C31H27NO6. The molecule has 0 bridgehead atoms. The number of aromatic hydroxyl groups is 1. The van der Waals surface area contributed by atoms with Gasteiger partial charge in [0.2, 0.25) is 6.79 Å². The first-order valence-corrected chi connectivity index (χ1v) is 12.3. The van der Waals surface area contributed by atoms with Gasteiger partial charge in [-0.2, -0.15) is 0 Å². The van der Waals surface area contributed by atoms with Crippen molar-refractivity contribution in [2.24, 2.45) is 0 Å². The second-order valence-corrected chi connectivity index (χ2v) is 9.17. The largest absolute Gasteiger partial charge is 0.507 e. The maximum absolute atomic E-state index is 13.3. The van der Waals surface area contributed by atoms with Crippen LogP contribution in [-0.4, -0.2) is 40.8 Å².